The molecule has 4 aromatic rings. The van der Waals surface area contributed by atoms with Gasteiger partial charge in [0.15, 0.2) is 17.3 Å². The van der Waals surface area contributed by atoms with E-state index in [4.69, 9.17) is 4.74 Å². The first-order valence-corrected chi connectivity index (χ1v) is 10.6. The molecule has 0 saturated carbocycles. The van der Waals surface area contributed by atoms with Crippen molar-refractivity contribution in [2.45, 2.75) is 19.3 Å². The number of pyridine rings is 2. The number of fused-ring (bicyclic) bond motifs is 2. The zero-order chi connectivity index (χ0) is 21.4. The average Bonchev–Trinajstić information content (AvgIpc) is 3.41. The fraction of sp³-hybridized carbons (Fsp3) is 0.409. The maximum Gasteiger partial charge on any atom is 0.159 e. The van der Waals surface area contributed by atoms with Crippen LogP contribution in [0.4, 0.5) is 10.2 Å². The lowest BCUT2D eigenvalue weighted by atomic mass is 10.1. The van der Waals surface area contributed by atoms with Crippen molar-refractivity contribution in [1.82, 2.24) is 29.7 Å². The fourth-order valence-corrected chi connectivity index (χ4v) is 4.24. The molecule has 1 aliphatic heterocycles. The second-order valence-corrected chi connectivity index (χ2v) is 8.04. The summed E-state index contributed by atoms with van der Waals surface area (Å²) in [6.07, 6.45) is 7.25. The topological polar surface area (TPSA) is 74.6 Å². The molecule has 0 bridgehead atoms. The predicted octanol–water partition coefficient (Wildman–Crippen LogP) is 3.34. The van der Waals surface area contributed by atoms with E-state index in [1.807, 2.05) is 13.1 Å². The molecule has 162 valence electrons. The van der Waals surface area contributed by atoms with Crippen molar-refractivity contribution < 1.29 is 9.13 Å². The predicted molar refractivity (Wildman–Crippen MR) is 118 cm³/mol. The van der Waals surface area contributed by atoms with Crippen molar-refractivity contribution in [2.24, 2.45) is 0 Å². The largest absolute Gasteiger partial charge is 0.497 e. The van der Waals surface area contributed by atoms with E-state index in [9.17, 15) is 0 Å². The molecule has 0 radical (unpaired) electrons. The summed E-state index contributed by atoms with van der Waals surface area (Å²) in [5, 5.41) is 12.4. The number of nitrogens with zero attached hydrogens (tertiary/aromatic N) is 6. The molecule has 0 unspecified atom stereocenters. The van der Waals surface area contributed by atoms with Crippen molar-refractivity contribution in [2.75, 3.05) is 45.2 Å². The number of anilines is 1. The van der Waals surface area contributed by atoms with Crippen LogP contribution in [0.2, 0.25) is 0 Å². The van der Waals surface area contributed by atoms with Crippen LogP contribution in [-0.2, 0) is 0 Å². The average molecular weight is 423 g/mol. The van der Waals surface area contributed by atoms with Crippen molar-refractivity contribution in [1.29, 1.82) is 0 Å². The lowest BCUT2D eigenvalue weighted by Gasteiger charge is -2.28. The number of halogens is 1. The second kappa shape index (κ2) is 8.14. The maximum atomic E-state index is 15.2. The van der Waals surface area contributed by atoms with E-state index in [1.54, 1.807) is 30.1 Å². The smallest absolute Gasteiger partial charge is 0.159 e. The molecule has 9 heteroatoms. The van der Waals surface area contributed by atoms with E-state index < -0.39 is 5.82 Å². The van der Waals surface area contributed by atoms with Crippen LogP contribution >= 0.6 is 0 Å². The SMILES string of the molecule is COc1ccn2ncc(-c3nc4[nH]nc(N(C)CCN5CCCCC5)c4cc3F)c2c1. The van der Waals surface area contributed by atoms with Gasteiger partial charge in [-0.2, -0.15) is 10.2 Å². The summed E-state index contributed by atoms with van der Waals surface area (Å²) >= 11 is 0. The van der Waals surface area contributed by atoms with Crippen LogP contribution in [0.3, 0.4) is 0 Å². The highest BCUT2D eigenvalue weighted by Gasteiger charge is 2.19. The molecule has 5 rings (SSSR count). The quantitative estimate of drug-likeness (QED) is 0.513. The number of methoxy groups -OCH3 is 1. The molecule has 0 spiro atoms. The van der Waals surface area contributed by atoms with Gasteiger partial charge in [0, 0.05) is 38.0 Å². The van der Waals surface area contributed by atoms with Gasteiger partial charge in [0.2, 0.25) is 0 Å². The number of likely N-dealkylation sites (tertiary alicyclic amines) is 1. The summed E-state index contributed by atoms with van der Waals surface area (Å²) in [7, 11) is 3.59. The van der Waals surface area contributed by atoms with E-state index >= 15 is 4.39 Å². The molecule has 0 aromatic carbocycles. The van der Waals surface area contributed by atoms with E-state index in [2.05, 4.69) is 30.1 Å². The van der Waals surface area contributed by atoms with Gasteiger partial charge in [0.25, 0.3) is 0 Å². The summed E-state index contributed by atoms with van der Waals surface area (Å²) in [6.45, 7) is 4.11. The Bertz CT molecular complexity index is 1210. The molecule has 8 nitrogen and oxygen atoms in total. The van der Waals surface area contributed by atoms with Gasteiger partial charge in [-0.3, -0.25) is 5.10 Å². The molecular formula is C22H26FN7O. The molecule has 4 aromatic heterocycles. The highest BCUT2D eigenvalue weighted by Crippen LogP contribution is 2.31. The minimum atomic E-state index is -0.405. The number of piperidine rings is 1. The molecular weight excluding hydrogens is 397 g/mol. The van der Waals surface area contributed by atoms with Crippen LogP contribution < -0.4 is 9.64 Å². The summed E-state index contributed by atoms with van der Waals surface area (Å²) in [6, 6.07) is 5.13. The molecule has 1 N–H and O–H groups in total. The monoisotopic (exact) mass is 423 g/mol. The molecule has 1 saturated heterocycles. The van der Waals surface area contributed by atoms with E-state index in [1.165, 1.54) is 25.3 Å². The minimum absolute atomic E-state index is 0.238. The van der Waals surface area contributed by atoms with E-state index in [-0.39, 0.29) is 5.69 Å². The van der Waals surface area contributed by atoms with Gasteiger partial charge in [-0.25, -0.2) is 13.9 Å². The molecule has 0 aliphatic carbocycles. The first-order chi connectivity index (χ1) is 15.1. The van der Waals surface area contributed by atoms with Crippen molar-refractivity contribution in [3.8, 4) is 17.0 Å². The Labute approximate surface area is 179 Å². The zero-order valence-corrected chi connectivity index (χ0v) is 17.8. The lowest BCUT2D eigenvalue weighted by Crippen LogP contribution is -2.36. The van der Waals surface area contributed by atoms with Crippen molar-refractivity contribution >= 4 is 22.4 Å². The Hall–Kier alpha value is -3.20. The van der Waals surface area contributed by atoms with Crippen LogP contribution in [0.5, 0.6) is 5.75 Å². The third-order valence-corrected chi connectivity index (χ3v) is 6.03. The van der Waals surface area contributed by atoms with Gasteiger partial charge in [0.1, 0.15) is 11.4 Å². The number of nitrogens with one attached hydrogen (secondary N) is 1. The second-order valence-electron chi connectivity index (χ2n) is 8.04. The first-order valence-electron chi connectivity index (χ1n) is 10.6. The zero-order valence-electron chi connectivity index (χ0n) is 17.8. The molecule has 5 heterocycles. The van der Waals surface area contributed by atoms with Crippen molar-refractivity contribution in [3.05, 3.63) is 36.4 Å². The van der Waals surface area contributed by atoms with Crippen molar-refractivity contribution in [3.63, 3.8) is 0 Å². The summed E-state index contributed by atoms with van der Waals surface area (Å²) in [5.41, 5.74) is 2.12. The molecule has 0 amide bonds. The molecule has 1 fully saturated rings. The van der Waals surface area contributed by atoms with Crippen LogP contribution in [0.15, 0.2) is 30.6 Å². The minimum Gasteiger partial charge on any atom is -0.497 e. The van der Waals surface area contributed by atoms with Gasteiger partial charge >= 0.3 is 0 Å². The van der Waals surface area contributed by atoms with Gasteiger partial charge < -0.3 is 14.5 Å². The maximum absolute atomic E-state index is 15.2. The molecule has 1 aliphatic rings. The number of rotatable bonds is 6. The Kier molecular flexibility index (Phi) is 5.19. The third kappa shape index (κ3) is 3.69. The number of ether oxygens (including phenoxy) is 1. The first kappa shape index (κ1) is 19.7. The number of aromatic nitrogens is 5. The number of aromatic amines is 1. The molecule has 31 heavy (non-hydrogen) atoms. The number of hydrogen-bond donors (Lipinski definition) is 1. The number of hydrogen-bond acceptors (Lipinski definition) is 6. The van der Waals surface area contributed by atoms with E-state index in [0.29, 0.717) is 28.2 Å². The summed E-state index contributed by atoms with van der Waals surface area (Å²) in [4.78, 5) is 9.09. The van der Waals surface area contributed by atoms with Gasteiger partial charge in [-0.15, -0.1) is 0 Å². The summed E-state index contributed by atoms with van der Waals surface area (Å²) in [5.74, 6) is 0.985. The Balaban J connectivity index is 1.44. The Morgan fingerprint density at radius 3 is 2.87 bits per heavy atom. The van der Waals surface area contributed by atoms with E-state index in [0.717, 1.165) is 31.7 Å². The normalized spacial score (nSPS) is 15.1. The van der Waals surface area contributed by atoms with Crippen LogP contribution in [0, 0.1) is 5.82 Å². The van der Waals surface area contributed by atoms with Crippen LogP contribution in [0.25, 0.3) is 27.8 Å². The highest BCUT2D eigenvalue weighted by molar-refractivity contribution is 5.90. The lowest BCUT2D eigenvalue weighted by molar-refractivity contribution is 0.234. The highest BCUT2D eigenvalue weighted by atomic mass is 19.1. The van der Waals surface area contributed by atoms with Crippen LogP contribution in [0.1, 0.15) is 19.3 Å². The Morgan fingerprint density at radius 2 is 2.06 bits per heavy atom. The Morgan fingerprint density at radius 1 is 1.23 bits per heavy atom. The number of H-pyrrole nitrogens is 1. The number of likely N-dealkylation sites (N-methyl/N-ethyl adjacent to an activating group) is 1. The van der Waals surface area contributed by atoms with Gasteiger partial charge in [-0.1, -0.05) is 6.42 Å². The molecule has 0 atom stereocenters. The standard InChI is InChI=1S/C22H26FN7O/c1-28(10-11-29-7-4-3-5-8-29)22-16-13-18(23)20(25-21(16)26-27-22)17-14-24-30-9-6-15(31-2)12-19(17)30/h6,9,12-14H,3-5,7-8,10-11H2,1-2H3,(H,25,26,27). The fourth-order valence-electron chi connectivity index (χ4n) is 4.24. The summed E-state index contributed by atoms with van der Waals surface area (Å²) < 4.78 is 22.2. The third-order valence-electron chi connectivity index (χ3n) is 6.03. The van der Waals surface area contributed by atoms with Crippen LogP contribution in [-0.4, -0.2) is 70.0 Å². The van der Waals surface area contributed by atoms with Gasteiger partial charge in [-0.05, 0) is 38.1 Å². The van der Waals surface area contributed by atoms with Gasteiger partial charge in [0.05, 0.1) is 24.2 Å².